The fraction of sp³-hybridized carbons (Fsp3) is 0.364. The van der Waals surface area contributed by atoms with Gasteiger partial charge >= 0.3 is 5.69 Å². The smallest absolute Gasteiger partial charge is 0.324 e. The third-order valence-electron chi connectivity index (χ3n) is 5.52. The van der Waals surface area contributed by atoms with Gasteiger partial charge in [0.25, 0.3) is 0 Å². The Balaban J connectivity index is 1.48. The molecule has 1 saturated heterocycles. The molecule has 0 bridgehead atoms. The Hall–Kier alpha value is -3.07. The van der Waals surface area contributed by atoms with Crippen molar-refractivity contribution < 1.29 is 9.59 Å². The number of thioether (sulfide) groups is 1. The number of hydrogen-bond donors (Lipinski definition) is 1. The first kappa shape index (κ1) is 21.2. The maximum Gasteiger partial charge on any atom is 0.350 e. The Labute approximate surface area is 184 Å². The maximum atomic E-state index is 12.9. The number of nitrogens with one attached hydrogen (secondary N) is 1. The minimum Gasteiger partial charge on any atom is -0.324 e. The number of rotatable bonds is 6. The monoisotopic (exact) mass is 439 g/mol. The van der Waals surface area contributed by atoms with Gasteiger partial charge in [0.1, 0.15) is 6.04 Å². The summed E-state index contributed by atoms with van der Waals surface area (Å²) in [5.74, 6) is 0.861. The number of fused-ring (bicyclic) bond motifs is 1. The Kier molecular flexibility index (Phi) is 6.13. The molecule has 162 valence electrons. The third kappa shape index (κ3) is 4.36. The summed E-state index contributed by atoms with van der Waals surface area (Å²) in [6.45, 7) is 4.16. The molecule has 3 aromatic rings. The summed E-state index contributed by atoms with van der Waals surface area (Å²) in [7, 11) is 0. The van der Waals surface area contributed by atoms with Crippen LogP contribution in [0.25, 0.3) is 5.65 Å². The second kappa shape index (κ2) is 8.97. The molecule has 2 amide bonds. The molecule has 1 aliphatic heterocycles. The van der Waals surface area contributed by atoms with Crippen molar-refractivity contribution in [1.82, 2.24) is 19.1 Å². The number of pyridine rings is 1. The number of benzene rings is 1. The van der Waals surface area contributed by atoms with Gasteiger partial charge in [-0.2, -0.15) is 0 Å². The molecule has 0 unspecified atom stereocenters. The van der Waals surface area contributed by atoms with Gasteiger partial charge in [0.05, 0.1) is 12.4 Å². The SMILES string of the molecule is CC[C@@H](C)C(=O)N1CSC[C@@H]1C(=O)Nc1cccc(Cn2nc3ccccn3c2=O)c1. The fourth-order valence-electron chi connectivity index (χ4n) is 3.55. The molecule has 3 heterocycles. The Morgan fingerprint density at radius 1 is 1.26 bits per heavy atom. The lowest BCUT2D eigenvalue weighted by Gasteiger charge is -2.25. The highest BCUT2D eigenvalue weighted by atomic mass is 32.2. The van der Waals surface area contributed by atoms with Crippen molar-refractivity contribution in [1.29, 1.82) is 0 Å². The van der Waals surface area contributed by atoms with E-state index in [1.807, 2.05) is 38.1 Å². The van der Waals surface area contributed by atoms with E-state index in [0.29, 0.717) is 29.5 Å². The number of anilines is 1. The largest absolute Gasteiger partial charge is 0.350 e. The van der Waals surface area contributed by atoms with Crippen molar-refractivity contribution in [2.45, 2.75) is 32.9 Å². The molecule has 4 rings (SSSR count). The molecule has 1 aliphatic rings. The van der Waals surface area contributed by atoms with Gasteiger partial charge in [-0.15, -0.1) is 16.9 Å². The Morgan fingerprint density at radius 3 is 2.87 bits per heavy atom. The maximum absolute atomic E-state index is 12.9. The molecule has 2 atom stereocenters. The molecular formula is C22H25N5O3S. The minimum atomic E-state index is -0.476. The van der Waals surface area contributed by atoms with Crippen molar-refractivity contribution in [3.63, 3.8) is 0 Å². The number of amides is 2. The van der Waals surface area contributed by atoms with Gasteiger partial charge in [-0.1, -0.05) is 32.0 Å². The molecule has 1 aromatic carbocycles. The number of hydrogen-bond acceptors (Lipinski definition) is 5. The average molecular weight is 440 g/mol. The summed E-state index contributed by atoms with van der Waals surface area (Å²) < 4.78 is 2.89. The Bertz CT molecular complexity index is 1170. The van der Waals surface area contributed by atoms with Crippen LogP contribution in [-0.2, 0) is 16.1 Å². The molecule has 0 radical (unpaired) electrons. The van der Waals surface area contributed by atoms with Crippen LogP contribution in [-0.4, -0.2) is 48.6 Å². The van der Waals surface area contributed by atoms with E-state index < -0.39 is 6.04 Å². The van der Waals surface area contributed by atoms with Crippen molar-refractivity contribution in [2.75, 3.05) is 16.9 Å². The molecule has 0 aliphatic carbocycles. The lowest BCUT2D eigenvalue weighted by atomic mass is 10.1. The van der Waals surface area contributed by atoms with Gasteiger partial charge in [0.2, 0.25) is 11.8 Å². The van der Waals surface area contributed by atoms with E-state index >= 15 is 0 Å². The van der Waals surface area contributed by atoms with Crippen LogP contribution in [0.2, 0.25) is 0 Å². The third-order valence-corrected chi connectivity index (χ3v) is 6.53. The van der Waals surface area contributed by atoms with Crippen LogP contribution in [0, 0.1) is 5.92 Å². The lowest BCUT2D eigenvalue weighted by molar-refractivity contribution is -0.139. The highest BCUT2D eigenvalue weighted by Crippen LogP contribution is 2.25. The molecule has 1 fully saturated rings. The number of nitrogens with zero attached hydrogens (tertiary/aromatic N) is 4. The van der Waals surface area contributed by atoms with Crippen molar-refractivity contribution in [2.24, 2.45) is 5.92 Å². The molecule has 0 saturated carbocycles. The summed E-state index contributed by atoms with van der Waals surface area (Å²) in [6, 6.07) is 12.3. The van der Waals surface area contributed by atoms with E-state index in [-0.39, 0.29) is 23.4 Å². The molecule has 8 nitrogen and oxygen atoms in total. The quantitative estimate of drug-likeness (QED) is 0.637. The number of carbonyl (C=O) groups excluding carboxylic acids is 2. The second-order valence-corrected chi connectivity index (χ2v) is 8.69. The van der Waals surface area contributed by atoms with E-state index in [4.69, 9.17) is 0 Å². The van der Waals surface area contributed by atoms with Crippen LogP contribution in [0.5, 0.6) is 0 Å². The summed E-state index contributed by atoms with van der Waals surface area (Å²) in [6.07, 6.45) is 2.43. The zero-order valence-corrected chi connectivity index (χ0v) is 18.3. The molecule has 0 spiro atoms. The van der Waals surface area contributed by atoms with Crippen LogP contribution in [0.1, 0.15) is 25.8 Å². The van der Waals surface area contributed by atoms with Gasteiger partial charge in [-0.3, -0.25) is 14.0 Å². The minimum absolute atomic E-state index is 0.0209. The standard InChI is InChI=1S/C22H25N5O3S/c1-3-15(2)21(29)26-14-31-13-18(26)20(28)23-17-8-6-7-16(11-17)12-27-22(30)25-10-5-4-9-19(25)24-27/h4-11,15,18H,3,12-14H2,1-2H3,(H,23,28)/t15-,18-/m1/s1. The zero-order chi connectivity index (χ0) is 22.0. The summed E-state index contributed by atoms with van der Waals surface area (Å²) in [4.78, 5) is 39.7. The highest BCUT2D eigenvalue weighted by Gasteiger charge is 2.36. The Morgan fingerprint density at radius 2 is 2.10 bits per heavy atom. The zero-order valence-electron chi connectivity index (χ0n) is 17.5. The van der Waals surface area contributed by atoms with E-state index in [2.05, 4.69) is 10.4 Å². The van der Waals surface area contributed by atoms with Gasteiger partial charge in [-0.25, -0.2) is 9.48 Å². The molecule has 31 heavy (non-hydrogen) atoms. The average Bonchev–Trinajstić information content (AvgIpc) is 3.38. The van der Waals surface area contributed by atoms with Crippen LogP contribution >= 0.6 is 11.8 Å². The first-order valence-corrected chi connectivity index (χ1v) is 11.5. The van der Waals surface area contributed by atoms with Gasteiger partial charge in [0, 0.05) is 23.6 Å². The van der Waals surface area contributed by atoms with E-state index in [1.165, 1.54) is 9.08 Å². The van der Waals surface area contributed by atoms with Crippen LogP contribution in [0.3, 0.4) is 0 Å². The number of carbonyl (C=O) groups is 2. The summed E-state index contributed by atoms with van der Waals surface area (Å²) >= 11 is 1.59. The topological polar surface area (TPSA) is 88.7 Å². The van der Waals surface area contributed by atoms with Crippen molar-refractivity contribution in [3.05, 3.63) is 64.7 Å². The van der Waals surface area contributed by atoms with E-state index in [1.54, 1.807) is 41.1 Å². The van der Waals surface area contributed by atoms with E-state index in [9.17, 15) is 14.4 Å². The second-order valence-electron chi connectivity index (χ2n) is 7.69. The first-order valence-electron chi connectivity index (χ1n) is 10.3. The molecule has 1 N–H and O–H groups in total. The van der Waals surface area contributed by atoms with E-state index in [0.717, 1.165) is 12.0 Å². The van der Waals surface area contributed by atoms with Crippen molar-refractivity contribution in [3.8, 4) is 0 Å². The van der Waals surface area contributed by atoms with Crippen LogP contribution in [0.4, 0.5) is 5.69 Å². The fourth-order valence-corrected chi connectivity index (χ4v) is 4.72. The van der Waals surface area contributed by atoms with Gasteiger partial charge in [0.15, 0.2) is 5.65 Å². The van der Waals surface area contributed by atoms with Gasteiger partial charge < -0.3 is 10.2 Å². The van der Waals surface area contributed by atoms with Crippen LogP contribution in [0.15, 0.2) is 53.5 Å². The summed E-state index contributed by atoms with van der Waals surface area (Å²) in [5, 5.41) is 7.28. The molecular weight excluding hydrogens is 414 g/mol. The number of aromatic nitrogens is 3. The van der Waals surface area contributed by atoms with Crippen LogP contribution < -0.4 is 11.0 Å². The highest BCUT2D eigenvalue weighted by molar-refractivity contribution is 7.99. The lowest BCUT2D eigenvalue weighted by Crippen LogP contribution is -2.46. The predicted molar refractivity (Wildman–Crippen MR) is 121 cm³/mol. The molecule has 2 aromatic heterocycles. The molecule has 9 heteroatoms. The normalized spacial score (nSPS) is 17.1. The first-order chi connectivity index (χ1) is 15.0. The summed E-state index contributed by atoms with van der Waals surface area (Å²) in [5.41, 5.74) is 1.85. The van der Waals surface area contributed by atoms with Gasteiger partial charge in [-0.05, 0) is 36.2 Å². The predicted octanol–water partition coefficient (Wildman–Crippen LogP) is 2.43. The van der Waals surface area contributed by atoms with Crippen molar-refractivity contribution >= 4 is 34.9 Å².